The van der Waals surface area contributed by atoms with E-state index in [2.05, 4.69) is 32.2 Å². The van der Waals surface area contributed by atoms with Crippen LogP contribution < -0.4 is 5.32 Å². The Morgan fingerprint density at radius 3 is 2.79 bits per heavy atom. The molecule has 2 nitrogen and oxygen atoms in total. The van der Waals surface area contributed by atoms with Gasteiger partial charge in [0.05, 0.1) is 12.5 Å². The lowest BCUT2D eigenvalue weighted by atomic mass is 9.91. The first-order valence-electron chi connectivity index (χ1n) is 5.48. The number of hydrogen-bond donors (Lipinski definition) is 1. The van der Waals surface area contributed by atoms with Crippen LogP contribution in [0.3, 0.4) is 0 Å². The molecule has 2 atom stereocenters. The fraction of sp³-hybridized carbons (Fsp3) is 0.667. The molecule has 0 spiro atoms. The van der Waals surface area contributed by atoms with Crippen molar-refractivity contribution in [3.8, 4) is 0 Å². The molecule has 0 aliphatic carbocycles. The van der Waals surface area contributed by atoms with Crippen LogP contribution in [0.4, 0.5) is 0 Å². The van der Waals surface area contributed by atoms with E-state index in [1.54, 1.807) is 6.26 Å². The third-order valence-corrected chi connectivity index (χ3v) is 2.82. The van der Waals surface area contributed by atoms with E-state index in [1.807, 2.05) is 6.26 Å². The van der Waals surface area contributed by atoms with Crippen molar-refractivity contribution in [1.82, 2.24) is 5.32 Å². The van der Waals surface area contributed by atoms with Gasteiger partial charge in [-0.2, -0.15) is 0 Å². The lowest BCUT2D eigenvalue weighted by Crippen LogP contribution is -2.24. The monoisotopic (exact) mass is 195 g/mol. The lowest BCUT2D eigenvalue weighted by Gasteiger charge is -2.18. The maximum atomic E-state index is 5.09. The fourth-order valence-electron chi connectivity index (χ4n) is 1.55. The third kappa shape index (κ3) is 3.18. The normalized spacial score (nSPS) is 15.4. The van der Waals surface area contributed by atoms with Crippen molar-refractivity contribution in [2.24, 2.45) is 5.92 Å². The molecule has 0 radical (unpaired) electrons. The van der Waals surface area contributed by atoms with Gasteiger partial charge < -0.3 is 9.73 Å². The number of rotatable bonds is 6. The van der Waals surface area contributed by atoms with E-state index in [9.17, 15) is 0 Å². The van der Waals surface area contributed by atoms with Crippen molar-refractivity contribution in [2.75, 3.05) is 13.1 Å². The Morgan fingerprint density at radius 1 is 1.43 bits per heavy atom. The first kappa shape index (κ1) is 11.3. The minimum Gasteiger partial charge on any atom is -0.472 e. The highest BCUT2D eigenvalue weighted by Gasteiger charge is 2.14. The molecule has 0 aromatic carbocycles. The molecule has 1 rings (SSSR count). The van der Waals surface area contributed by atoms with Gasteiger partial charge in [0.25, 0.3) is 0 Å². The van der Waals surface area contributed by atoms with Gasteiger partial charge in [-0.15, -0.1) is 0 Å². The van der Waals surface area contributed by atoms with Crippen molar-refractivity contribution >= 4 is 0 Å². The summed E-state index contributed by atoms with van der Waals surface area (Å²) in [5.41, 5.74) is 1.30. The Kier molecular flexibility index (Phi) is 4.74. The summed E-state index contributed by atoms with van der Waals surface area (Å²) in [7, 11) is 0. The molecular weight excluding hydrogens is 174 g/mol. The zero-order valence-electron chi connectivity index (χ0n) is 9.42. The standard InChI is InChI=1S/C12H21NO/c1-4-6-13-8-10(2)11(3)12-5-7-14-9-12/h5,7,9-11,13H,4,6,8H2,1-3H3. The smallest absolute Gasteiger partial charge is 0.0937 e. The lowest BCUT2D eigenvalue weighted by molar-refractivity contribution is 0.444. The Morgan fingerprint density at radius 2 is 2.21 bits per heavy atom. The second kappa shape index (κ2) is 5.86. The van der Waals surface area contributed by atoms with Crippen LogP contribution in [0, 0.1) is 5.92 Å². The summed E-state index contributed by atoms with van der Waals surface area (Å²) in [6.07, 6.45) is 4.80. The maximum Gasteiger partial charge on any atom is 0.0937 e. The molecule has 0 saturated carbocycles. The predicted octanol–water partition coefficient (Wildman–Crippen LogP) is 3.02. The van der Waals surface area contributed by atoms with E-state index in [1.165, 1.54) is 12.0 Å². The molecule has 0 saturated heterocycles. The fourth-order valence-corrected chi connectivity index (χ4v) is 1.55. The summed E-state index contributed by atoms with van der Waals surface area (Å²) >= 11 is 0. The second-order valence-electron chi connectivity index (χ2n) is 4.03. The van der Waals surface area contributed by atoms with Crippen LogP contribution in [0.5, 0.6) is 0 Å². The molecule has 2 unspecified atom stereocenters. The van der Waals surface area contributed by atoms with Crippen LogP contribution >= 0.6 is 0 Å². The van der Waals surface area contributed by atoms with Crippen LogP contribution in [0.25, 0.3) is 0 Å². The summed E-state index contributed by atoms with van der Waals surface area (Å²) in [6.45, 7) is 8.92. The van der Waals surface area contributed by atoms with Gasteiger partial charge in [-0.05, 0) is 43.0 Å². The molecule has 0 bridgehead atoms. The van der Waals surface area contributed by atoms with E-state index < -0.39 is 0 Å². The Hall–Kier alpha value is -0.760. The van der Waals surface area contributed by atoms with E-state index in [0.717, 1.165) is 13.1 Å². The molecule has 14 heavy (non-hydrogen) atoms. The minimum absolute atomic E-state index is 0.568. The largest absolute Gasteiger partial charge is 0.472 e. The molecular formula is C12H21NO. The van der Waals surface area contributed by atoms with Gasteiger partial charge in [-0.1, -0.05) is 20.8 Å². The summed E-state index contributed by atoms with van der Waals surface area (Å²) in [5.74, 6) is 1.22. The molecule has 2 heteroatoms. The average molecular weight is 195 g/mol. The highest BCUT2D eigenvalue weighted by molar-refractivity contribution is 5.12. The first-order chi connectivity index (χ1) is 6.75. The predicted molar refractivity (Wildman–Crippen MR) is 59.4 cm³/mol. The molecule has 0 aliphatic heterocycles. The number of nitrogens with one attached hydrogen (secondary N) is 1. The van der Waals surface area contributed by atoms with Crippen molar-refractivity contribution in [2.45, 2.75) is 33.1 Å². The molecule has 1 aromatic rings. The molecule has 1 aromatic heterocycles. The van der Waals surface area contributed by atoms with Gasteiger partial charge >= 0.3 is 0 Å². The summed E-state index contributed by atoms with van der Waals surface area (Å²) in [5, 5.41) is 3.45. The van der Waals surface area contributed by atoms with Gasteiger partial charge in [0, 0.05) is 0 Å². The zero-order chi connectivity index (χ0) is 10.4. The highest BCUT2D eigenvalue weighted by Crippen LogP contribution is 2.23. The van der Waals surface area contributed by atoms with Gasteiger partial charge in [0.1, 0.15) is 0 Å². The topological polar surface area (TPSA) is 25.2 Å². The zero-order valence-corrected chi connectivity index (χ0v) is 9.42. The number of furan rings is 1. The summed E-state index contributed by atoms with van der Waals surface area (Å²) in [6, 6.07) is 2.06. The average Bonchev–Trinajstić information content (AvgIpc) is 2.69. The molecule has 80 valence electrons. The number of hydrogen-bond acceptors (Lipinski definition) is 2. The molecule has 1 N–H and O–H groups in total. The van der Waals surface area contributed by atoms with Gasteiger partial charge in [0.2, 0.25) is 0 Å². The van der Waals surface area contributed by atoms with Gasteiger partial charge in [-0.25, -0.2) is 0 Å². The Balaban J connectivity index is 2.33. The third-order valence-electron chi connectivity index (χ3n) is 2.82. The maximum absolute atomic E-state index is 5.09. The Bertz CT molecular complexity index is 230. The van der Waals surface area contributed by atoms with Crippen molar-refractivity contribution in [3.05, 3.63) is 24.2 Å². The second-order valence-corrected chi connectivity index (χ2v) is 4.03. The van der Waals surface area contributed by atoms with Gasteiger partial charge in [-0.3, -0.25) is 0 Å². The molecule has 0 aliphatic rings. The highest BCUT2D eigenvalue weighted by atomic mass is 16.3. The van der Waals surface area contributed by atoms with Gasteiger partial charge in [0.15, 0.2) is 0 Å². The van der Waals surface area contributed by atoms with E-state index in [-0.39, 0.29) is 0 Å². The molecule has 0 fully saturated rings. The SMILES string of the molecule is CCCNCC(C)C(C)c1ccoc1. The van der Waals surface area contributed by atoms with Crippen molar-refractivity contribution < 1.29 is 4.42 Å². The van der Waals surface area contributed by atoms with Crippen LogP contribution in [0.2, 0.25) is 0 Å². The van der Waals surface area contributed by atoms with Crippen molar-refractivity contribution in [3.63, 3.8) is 0 Å². The van der Waals surface area contributed by atoms with Crippen LogP contribution in [0.1, 0.15) is 38.7 Å². The van der Waals surface area contributed by atoms with Crippen molar-refractivity contribution in [1.29, 1.82) is 0 Å². The van der Waals surface area contributed by atoms with Crippen LogP contribution in [-0.2, 0) is 0 Å². The van der Waals surface area contributed by atoms with Crippen LogP contribution in [-0.4, -0.2) is 13.1 Å². The molecule has 1 heterocycles. The quantitative estimate of drug-likeness (QED) is 0.706. The van der Waals surface area contributed by atoms with Crippen LogP contribution in [0.15, 0.2) is 23.0 Å². The summed E-state index contributed by atoms with van der Waals surface area (Å²) in [4.78, 5) is 0. The molecule has 0 amide bonds. The van der Waals surface area contributed by atoms with E-state index in [0.29, 0.717) is 11.8 Å². The Labute approximate surface area is 86.7 Å². The minimum atomic E-state index is 0.568. The first-order valence-corrected chi connectivity index (χ1v) is 5.48. The van der Waals surface area contributed by atoms with E-state index >= 15 is 0 Å². The van der Waals surface area contributed by atoms with E-state index in [4.69, 9.17) is 4.42 Å². The summed E-state index contributed by atoms with van der Waals surface area (Å²) < 4.78 is 5.09.